The number of thiazole rings is 1. The maximum Gasteiger partial charge on any atom is 0.226 e. The van der Waals surface area contributed by atoms with E-state index in [0.717, 1.165) is 20.9 Å². The van der Waals surface area contributed by atoms with E-state index in [4.69, 9.17) is 5.73 Å². The van der Waals surface area contributed by atoms with Crippen molar-refractivity contribution >= 4 is 27.5 Å². The van der Waals surface area contributed by atoms with E-state index < -0.39 is 0 Å². The van der Waals surface area contributed by atoms with Crippen molar-refractivity contribution in [3.63, 3.8) is 0 Å². The van der Waals surface area contributed by atoms with Crippen LogP contribution in [0.1, 0.15) is 0 Å². The molecule has 0 radical (unpaired) electrons. The fourth-order valence-corrected chi connectivity index (χ4v) is 3.05. The first-order chi connectivity index (χ1) is 10.3. The lowest BCUT2D eigenvalue weighted by Gasteiger charge is -1.94. The smallest absolute Gasteiger partial charge is 0.226 e. The van der Waals surface area contributed by atoms with Gasteiger partial charge in [-0.25, -0.2) is 4.98 Å². The number of anilines is 1. The number of rotatable bonds is 2. The molecule has 2 heterocycles. The molecule has 6 heteroatoms. The van der Waals surface area contributed by atoms with E-state index in [1.165, 1.54) is 0 Å². The molecule has 21 heavy (non-hydrogen) atoms. The summed E-state index contributed by atoms with van der Waals surface area (Å²) < 4.78 is 2.69. The summed E-state index contributed by atoms with van der Waals surface area (Å²) in [4.78, 5) is 8.87. The lowest BCUT2D eigenvalue weighted by molar-refractivity contribution is 0.886. The Labute approximate surface area is 124 Å². The lowest BCUT2D eigenvalue weighted by Crippen LogP contribution is -2.01. The molecule has 4 rings (SSSR count). The van der Waals surface area contributed by atoms with Gasteiger partial charge in [0.1, 0.15) is 0 Å². The normalized spacial score (nSPS) is 11.0. The van der Waals surface area contributed by atoms with Gasteiger partial charge in [0.2, 0.25) is 11.1 Å². The second-order valence-corrected chi connectivity index (χ2v) is 5.54. The van der Waals surface area contributed by atoms with Crippen molar-refractivity contribution in [3.05, 3.63) is 54.6 Å². The van der Waals surface area contributed by atoms with Gasteiger partial charge in [-0.05, 0) is 12.1 Å². The van der Waals surface area contributed by atoms with Gasteiger partial charge in [-0.1, -0.05) is 53.8 Å². The van der Waals surface area contributed by atoms with E-state index in [0.29, 0.717) is 11.8 Å². The van der Waals surface area contributed by atoms with Crippen molar-refractivity contribution < 1.29 is 0 Å². The van der Waals surface area contributed by atoms with Crippen molar-refractivity contribution in [2.24, 2.45) is 0 Å². The molecule has 0 aliphatic heterocycles. The molecule has 2 N–H and O–H groups in total. The van der Waals surface area contributed by atoms with Crippen LogP contribution in [-0.4, -0.2) is 19.7 Å². The summed E-state index contributed by atoms with van der Waals surface area (Å²) in [6, 6.07) is 17.7. The first-order valence-corrected chi connectivity index (χ1v) is 7.27. The molecule has 2 aromatic heterocycles. The molecule has 0 atom stereocenters. The summed E-state index contributed by atoms with van der Waals surface area (Å²) in [5.74, 6) is 0.945. The van der Waals surface area contributed by atoms with E-state index in [1.54, 1.807) is 16.0 Å². The fourth-order valence-electron chi connectivity index (χ4n) is 2.13. The van der Waals surface area contributed by atoms with E-state index >= 15 is 0 Å². The van der Waals surface area contributed by atoms with Crippen LogP contribution in [0, 0.1) is 0 Å². The topological polar surface area (TPSA) is 69.6 Å². The fraction of sp³-hybridized carbons (Fsp3) is 0. The van der Waals surface area contributed by atoms with Crippen LogP contribution in [0.4, 0.5) is 5.95 Å². The van der Waals surface area contributed by atoms with Gasteiger partial charge in [-0.15, -0.1) is 5.10 Å². The van der Waals surface area contributed by atoms with Crippen molar-refractivity contribution in [1.82, 2.24) is 19.7 Å². The highest BCUT2D eigenvalue weighted by atomic mass is 32.1. The van der Waals surface area contributed by atoms with Gasteiger partial charge < -0.3 is 5.73 Å². The zero-order chi connectivity index (χ0) is 14.2. The van der Waals surface area contributed by atoms with Crippen LogP contribution in [-0.2, 0) is 0 Å². The van der Waals surface area contributed by atoms with Gasteiger partial charge in [0, 0.05) is 5.56 Å². The molecular weight excluding hydrogens is 282 g/mol. The largest absolute Gasteiger partial charge is 0.368 e. The predicted molar refractivity (Wildman–Crippen MR) is 84.4 cm³/mol. The van der Waals surface area contributed by atoms with Crippen molar-refractivity contribution in [1.29, 1.82) is 0 Å². The van der Waals surface area contributed by atoms with Gasteiger partial charge in [-0.3, -0.25) is 0 Å². The molecule has 2 aromatic carbocycles. The number of benzene rings is 2. The van der Waals surface area contributed by atoms with Gasteiger partial charge >= 0.3 is 0 Å². The van der Waals surface area contributed by atoms with Crippen LogP contribution in [0.2, 0.25) is 0 Å². The summed E-state index contributed by atoms with van der Waals surface area (Å²) in [5.41, 5.74) is 7.86. The van der Waals surface area contributed by atoms with Gasteiger partial charge in [0.15, 0.2) is 5.82 Å². The molecule has 0 aliphatic carbocycles. The van der Waals surface area contributed by atoms with E-state index in [-0.39, 0.29) is 0 Å². The third-order valence-corrected chi connectivity index (χ3v) is 4.14. The first-order valence-electron chi connectivity index (χ1n) is 6.45. The molecule has 0 saturated carbocycles. The zero-order valence-electron chi connectivity index (χ0n) is 11.0. The summed E-state index contributed by atoms with van der Waals surface area (Å²) in [5, 5.41) is 5.20. The zero-order valence-corrected chi connectivity index (χ0v) is 11.8. The number of nitrogen functional groups attached to an aromatic ring is 1. The van der Waals surface area contributed by atoms with Gasteiger partial charge in [0.25, 0.3) is 0 Å². The average molecular weight is 293 g/mol. The summed E-state index contributed by atoms with van der Waals surface area (Å²) >= 11 is 1.54. The number of hydrogen-bond acceptors (Lipinski definition) is 5. The van der Waals surface area contributed by atoms with Crippen LogP contribution in [0.15, 0.2) is 54.6 Å². The van der Waals surface area contributed by atoms with Gasteiger partial charge in [0.05, 0.1) is 10.2 Å². The highest BCUT2D eigenvalue weighted by molar-refractivity contribution is 7.20. The third kappa shape index (κ3) is 2.05. The minimum Gasteiger partial charge on any atom is -0.368 e. The Bertz CT molecular complexity index is 877. The molecule has 0 unspecified atom stereocenters. The Morgan fingerprint density at radius 3 is 2.48 bits per heavy atom. The molecule has 0 fully saturated rings. The maximum atomic E-state index is 5.99. The summed E-state index contributed by atoms with van der Waals surface area (Å²) in [6.45, 7) is 0. The summed E-state index contributed by atoms with van der Waals surface area (Å²) in [6.07, 6.45) is 0. The Morgan fingerprint density at radius 2 is 1.67 bits per heavy atom. The summed E-state index contributed by atoms with van der Waals surface area (Å²) in [7, 11) is 0. The lowest BCUT2D eigenvalue weighted by atomic mass is 10.2. The number of nitrogens with two attached hydrogens (primary N) is 1. The number of nitrogens with zero attached hydrogens (tertiary/aromatic N) is 4. The number of aromatic nitrogens is 4. The highest BCUT2D eigenvalue weighted by Crippen LogP contribution is 2.26. The third-order valence-electron chi connectivity index (χ3n) is 3.13. The van der Waals surface area contributed by atoms with Crippen LogP contribution in [0.5, 0.6) is 0 Å². The Balaban J connectivity index is 1.84. The average Bonchev–Trinajstić information content (AvgIpc) is 3.11. The highest BCUT2D eigenvalue weighted by Gasteiger charge is 2.13. The maximum absolute atomic E-state index is 5.99. The van der Waals surface area contributed by atoms with Crippen LogP contribution < -0.4 is 5.73 Å². The second kappa shape index (κ2) is 4.68. The number of hydrogen-bond donors (Lipinski definition) is 1. The molecule has 0 bridgehead atoms. The second-order valence-electron chi connectivity index (χ2n) is 4.54. The minimum atomic E-state index is 0.341. The minimum absolute atomic E-state index is 0.341. The Hall–Kier alpha value is -2.73. The van der Waals surface area contributed by atoms with Crippen molar-refractivity contribution in [3.8, 4) is 16.5 Å². The molecular formula is C15H11N5S. The first kappa shape index (κ1) is 12.0. The molecule has 102 valence electrons. The van der Waals surface area contributed by atoms with Crippen LogP contribution in [0.25, 0.3) is 26.7 Å². The van der Waals surface area contributed by atoms with Crippen LogP contribution in [0.3, 0.4) is 0 Å². The van der Waals surface area contributed by atoms with Crippen LogP contribution >= 0.6 is 11.3 Å². The Morgan fingerprint density at radius 1 is 0.905 bits per heavy atom. The predicted octanol–water partition coefficient (Wildman–Crippen LogP) is 3.13. The monoisotopic (exact) mass is 293 g/mol. The Kier molecular flexibility index (Phi) is 2.68. The van der Waals surface area contributed by atoms with Crippen molar-refractivity contribution in [2.45, 2.75) is 0 Å². The standard InChI is InChI=1S/C15H11N5S/c16-14-18-13(10-6-2-1-3-7-10)19-20(14)15-17-11-8-4-5-9-12(11)21-15/h1-9H,(H2,16,18,19). The molecule has 0 amide bonds. The van der Waals surface area contributed by atoms with E-state index in [9.17, 15) is 0 Å². The molecule has 5 nitrogen and oxygen atoms in total. The number of fused-ring (bicyclic) bond motifs is 1. The molecule has 4 aromatic rings. The molecule has 0 spiro atoms. The van der Waals surface area contributed by atoms with Gasteiger partial charge in [-0.2, -0.15) is 9.67 Å². The quantitative estimate of drug-likeness (QED) is 0.616. The van der Waals surface area contributed by atoms with E-state index in [1.807, 2.05) is 54.6 Å². The van der Waals surface area contributed by atoms with E-state index in [2.05, 4.69) is 15.1 Å². The van der Waals surface area contributed by atoms with Crippen molar-refractivity contribution in [2.75, 3.05) is 5.73 Å². The SMILES string of the molecule is Nc1nc(-c2ccccc2)nn1-c1nc2ccccc2s1. The number of para-hydroxylation sites is 1. The molecule has 0 aliphatic rings. The molecule has 0 saturated heterocycles.